The van der Waals surface area contributed by atoms with E-state index in [4.69, 9.17) is 4.52 Å². The molecule has 0 bridgehead atoms. The van der Waals surface area contributed by atoms with Crippen molar-refractivity contribution in [3.05, 3.63) is 83.0 Å². The second-order valence-electron chi connectivity index (χ2n) is 6.07. The van der Waals surface area contributed by atoms with Gasteiger partial charge in [0.15, 0.2) is 0 Å². The Labute approximate surface area is 147 Å². The van der Waals surface area contributed by atoms with E-state index < -0.39 is 0 Å². The minimum Gasteiger partial charge on any atom is -0.361 e. The van der Waals surface area contributed by atoms with E-state index in [1.165, 1.54) is 0 Å². The molecule has 0 aliphatic rings. The molecule has 2 heterocycles. The van der Waals surface area contributed by atoms with Crippen molar-refractivity contribution in [1.82, 2.24) is 15.5 Å². The Bertz CT molecular complexity index is 785. The predicted octanol–water partition coefficient (Wildman–Crippen LogP) is 3.70. The molecule has 2 aromatic heterocycles. The summed E-state index contributed by atoms with van der Waals surface area (Å²) in [5.74, 6) is 0.226. The largest absolute Gasteiger partial charge is 0.361 e. The Morgan fingerprint density at radius 2 is 1.80 bits per heavy atom. The van der Waals surface area contributed by atoms with Crippen LogP contribution in [0, 0.1) is 13.8 Å². The zero-order valence-corrected chi connectivity index (χ0v) is 14.6. The topological polar surface area (TPSA) is 68.0 Å². The molecule has 1 amide bonds. The second-order valence-corrected chi connectivity index (χ2v) is 6.07. The van der Waals surface area contributed by atoms with E-state index in [1.807, 2.05) is 69.3 Å². The van der Waals surface area contributed by atoms with Crippen LogP contribution in [0.4, 0.5) is 0 Å². The monoisotopic (exact) mass is 335 g/mol. The number of nitrogens with one attached hydrogen (secondary N) is 1. The highest BCUT2D eigenvalue weighted by Gasteiger charge is 2.26. The molecule has 0 saturated carbocycles. The molecule has 0 spiro atoms. The molecule has 1 aromatic carbocycles. The van der Waals surface area contributed by atoms with Gasteiger partial charge in [0.25, 0.3) is 0 Å². The average molecular weight is 335 g/mol. The Morgan fingerprint density at radius 1 is 1.08 bits per heavy atom. The molecular weight excluding hydrogens is 314 g/mol. The molecule has 128 valence electrons. The first-order chi connectivity index (χ1) is 12.1. The van der Waals surface area contributed by atoms with Crippen molar-refractivity contribution < 1.29 is 9.32 Å². The minimum absolute atomic E-state index is 0.0890. The van der Waals surface area contributed by atoms with Crippen molar-refractivity contribution in [2.75, 3.05) is 0 Å². The maximum atomic E-state index is 12.9. The summed E-state index contributed by atoms with van der Waals surface area (Å²) in [6, 6.07) is 15.2. The molecule has 3 rings (SSSR count). The Balaban J connectivity index is 1.89. The summed E-state index contributed by atoms with van der Waals surface area (Å²) < 4.78 is 5.20. The van der Waals surface area contributed by atoms with Gasteiger partial charge in [-0.15, -0.1) is 0 Å². The van der Waals surface area contributed by atoms with Crippen LogP contribution in [0.1, 0.15) is 47.2 Å². The van der Waals surface area contributed by atoms with Gasteiger partial charge in [-0.2, -0.15) is 0 Å². The summed E-state index contributed by atoms with van der Waals surface area (Å²) in [7, 11) is 0. The molecule has 0 aliphatic heterocycles. The van der Waals surface area contributed by atoms with Crippen LogP contribution >= 0.6 is 0 Å². The van der Waals surface area contributed by atoms with Crippen LogP contribution < -0.4 is 5.32 Å². The number of aromatic nitrogens is 2. The van der Waals surface area contributed by atoms with Gasteiger partial charge >= 0.3 is 0 Å². The lowest BCUT2D eigenvalue weighted by molar-refractivity contribution is -0.122. The summed E-state index contributed by atoms with van der Waals surface area (Å²) in [5.41, 5.74) is 3.37. The minimum atomic E-state index is -0.360. The number of amides is 1. The summed E-state index contributed by atoms with van der Waals surface area (Å²) in [6.07, 6.45) is 1.73. The van der Waals surface area contributed by atoms with Gasteiger partial charge in [-0.05, 0) is 38.5 Å². The van der Waals surface area contributed by atoms with Crippen LogP contribution in [0.15, 0.2) is 59.3 Å². The predicted molar refractivity (Wildman–Crippen MR) is 95.1 cm³/mol. The van der Waals surface area contributed by atoms with Gasteiger partial charge in [0.2, 0.25) is 5.91 Å². The lowest BCUT2D eigenvalue weighted by Crippen LogP contribution is -2.33. The third-order valence-corrected chi connectivity index (χ3v) is 4.32. The Kier molecular flexibility index (Phi) is 4.93. The highest BCUT2D eigenvalue weighted by Crippen LogP contribution is 2.26. The highest BCUT2D eigenvalue weighted by molar-refractivity contribution is 5.84. The quantitative estimate of drug-likeness (QED) is 0.772. The lowest BCUT2D eigenvalue weighted by atomic mass is 9.96. The Morgan fingerprint density at radius 3 is 2.40 bits per heavy atom. The zero-order valence-electron chi connectivity index (χ0n) is 14.6. The van der Waals surface area contributed by atoms with E-state index in [1.54, 1.807) is 6.20 Å². The molecule has 5 nitrogen and oxygen atoms in total. The molecule has 3 aromatic rings. The van der Waals surface area contributed by atoms with Crippen molar-refractivity contribution in [3.8, 4) is 0 Å². The average Bonchev–Trinajstić information content (AvgIpc) is 2.98. The molecule has 0 radical (unpaired) electrons. The Hall–Kier alpha value is -2.95. The van der Waals surface area contributed by atoms with Crippen LogP contribution in [-0.4, -0.2) is 16.0 Å². The van der Waals surface area contributed by atoms with E-state index in [2.05, 4.69) is 15.5 Å². The van der Waals surface area contributed by atoms with Crippen LogP contribution in [0.5, 0.6) is 0 Å². The number of carbonyl (C=O) groups excluding carboxylic acids is 1. The van der Waals surface area contributed by atoms with Crippen LogP contribution in [0.2, 0.25) is 0 Å². The van der Waals surface area contributed by atoms with Gasteiger partial charge < -0.3 is 9.84 Å². The molecule has 0 unspecified atom stereocenters. The number of benzene rings is 1. The molecule has 2 atom stereocenters. The smallest absolute Gasteiger partial charge is 0.228 e. The summed E-state index contributed by atoms with van der Waals surface area (Å²) in [5, 5.41) is 7.07. The number of nitrogens with zero attached hydrogens (tertiary/aromatic N) is 2. The summed E-state index contributed by atoms with van der Waals surface area (Å²) in [4.78, 5) is 17.3. The van der Waals surface area contributed by atoms with E-state index >= 15 is 0 Å². The van der Waals surface area contributed by atoms with Crippen molar-refractivity contribution in [2.45, 2.75) is 32.7 Å². The third kappa shape index (κ3) is 3.60. The fourth-order valence-electron chi connectivity index (χ4n) is 3.03. The van der Waals surface area contributed by atoms with E-state index in [-0.39, 0.29) is 17.9 Å². The fraction of sp³-hybridized carbons (Fsp3) is 0.250. The van der Waals surface area contributed by atoms with Gasteiger partial charge in [0.05, 0.1) is 23.3 Å². The van der Waals surface area contributed by atoms with E-state index in [0.29, 0.717) is 5.76 Å². The maximum absolute atomic E-state index is 12.9. The van der Waals surface area contributed by atoms with Gasteiger partial charge in [0.1, 0.15) is 5.76 Å². The number of hydrogen-bond acceptors (Lipinski definition) is 4. The molecule has 0 saturated heterocycles. The van der Waals surface area contributed by atoms with Crippen LogP contribution in [0.25, 0.3) is 0 Å². The van der Waals surface area contributed by atoms with Gasteiger partial charge in [-0.1, -0.05) is 41.6 Å². The van der Waals surface area contributed by atoms with Crippen LogP contribution in [0.3, 0.4) is 0 Å². The molecule has 1 N–H and O–H groups in total. The molecular formula is C20H21N3O2. The van der Waals surface area contributed by atoms with Gasteiger partial charge in [0, 0.05) is 11.8 Å². The fourth-order valence-corrected chi connectivity index (χ4v) is 3.03. The number of rotatable bonds is 5. The van der Waals surface area contributed by atoms with Gasteiger partial charge in [-0.25, -0.2) is 0 Å². The SMILES string of the molecule is Cc1noc(C)c1[C@@H](C)C(=O)N[C@@H](c1ccccc1)c1ccccn1. The van der Waals surface area contributed by atoms with Crippen molar-refractivity contribution in [2.24, 2.45) is 0 Å². The third-order valence-electron chi connectivity index (χ3n) is 4.32. The number of aryl methyl sites for hydroxylation is 2. The maximum Gasteiger partial charge on any atom is 0.228 e. The highest BCUT2D eigenvalue weighted by atomic mass is 16.5. The van der Waals surface area contributed by atoms with Crippen molar-refractivity contribution >= 4 is 5.91 Å². The molecule has 0 aliphatic carbocycles. The normalized spacial score (nSPS) is 13.2. The lowest BCUT2D eigenvalue weighted by Gasteiger charge is -2.21. The number of hydrogen-bond donors (Lipinski definition) is 1. The summed E-state index contributed by atoms with van der Waals surface area (Å²) >= 11 is 0. The first-order valence-corrected chi connectivity index (χ1v) is 8.27. The molecule has 0 fully saturated rings. The standard InChI is InChI=1S/C20H21N3O2/c1-13(18-14(2)23-25-15(18)3)20(24)22-19(16-9-5-4-6-10-16)17-11-7-8-12-21-17/h4-13,19H,1-3H3,(H,22,24)/t13-,19+/m1/s1. The molecule has 25 heavy (non-hydrogen) atoms. The number of carbonyl (C=O) groups is 1. The first kappa shape index (κ1) is 16.9. The van der Waals surface area contributed by atoms with E-state index in [9.17, 15) is 4.79 Å². The number of pyridine rings is 1. The van der Waals surface area contributed by atoms with Crippen molar-refractivity contribution in [1.29, 1.82) is 0 Å². The van der Waals surface area contributed by atoms with Gasteiger partial charge in [-0.3, -0.25) is 9.78 Å². The zero-order chi connectivity index (χ0) is 17.8. The molecule has 5 heteroatoms. The second kappa shape index (κ2) is 7.30. The van der Waals surface area contributed by atoms with E-state index in [0.717, 1.165) is 22.5 Å². The van der Waals surface area contributed by atoms with Crippen molar-refractivity contribution in [3.63, 3.8) is 0 Å². The summed E-state index contributed by atoms with van der Waals surface area (Å²) in [6.45, 7) is 5.54. The van der Waals surface area contributed by atoms with Crippen LogP contribution in [-0.2, 0) is 4.79 Å². The first-order valence-electron chi connectivity index (χ1n) is 8.27.